The zero-order chi connectivity index (χ0) is 14.4. The van der Waals surface area contributed by atoms with Crippen LogP contribution in [-0.2, 0) is 6.42 Å². The van der Waals surface area contributed by atoms with Crippen molar-refractivity contribution >= 4 is 5.91 Å². The van der Waals surface area contributed by atoms with E-state index >= 15 is 0 Å². The summed E-state index contributed by atoms with van der Waals surface area (Å²) >= 11 is 0. The van der Waals surface area contributed by atoms with E-state index in [1.807, 2.05) is 24.3 Å². The highest BCUT2D eigenvalue weighted by atomic mass is 16.4. The van der Waals surface area contributed by atoms with E-state index in [-0.39, 0.29) is 5.91 Å². The largest absolute Gasteiger partial charge is 0.467 e. The van der Waals surface area contributed by atoms with Crippen molar-refractivity contribution in [3.8, 4) is 0 Å². The third kappa shape index (κ3) is 3.71. The first-order chi connectivity index (χ1) is 9.70. The molecule has 0 aliphatic carbocycles. The summed E-state index contributed by atoms with van der Waals surface area (Å²) in [7, 11) is 0. The highest BCUT2D eigenvalue weighted by molar-refractivity contribution is 5.94. The Morgan fingerprint density at radius 3 is 2.65 bits per heavy atom. The van der Waals surface area contributed by atoms with E-state index in [0.717, 1.165) is 6.42 Å². The van der Waals surface area contributed by atoms with Gasteiger partial charge in [0.1, 0.15) is 11.9 Å². The molecule has 0 saturated carbocycles. The summed E-state index contributed by atoms with van der Waals surface area (Å²) in [5, 5.41) is 12.6. The van der Waals surface area contributed by atoms with Crippen molar-refractivity contribution in [2.75, 3.05) is 6.54 Å². The van der Waals surface area contributed by atoms with Gasteiger partial charge in [-0.15, -0.1) is 0 Å². The molecular formula is C16H19NO3. The zero-order valence-electron chi connectivity index (χ0n) is 11.5. The van der Waals surface area contributed by atoms with Crippen LogP contribution in [0.15, 0.2) is 47.1 Å². The van der Waals surface area contributed by atoms with Gasteiger partial charge < -0.3 is 14.8 Å². The van der Waals surface area contributed by atoms with Crippen molar-refractivity contribution in [1.82, 2.24) is 5.32 Å². The van der Waals surface area contributed by atoms with Crippen molar-refractivity contribution in [2.24, 2.45) is 0 Å². The van der Waals surface area contributed by atoms with E-state index in [4.69, 9.17) is 4.42 Å². The molecule has 0 saturated heterocycles. The maximum absolute atomic E-state index is 11.9. The van der Waals surface area contributed by atoms with Gasteiger partial charge in [0.05, 0.1) is 6.26 Å². The van der Waals surface area contributed by atoms with Crippen LogP contribution in [-0.4, -0.2) is 17.6 Å². The predicted octanol–water partition coefficient (Wildman–Crippen LogP) is 2.70. The molecule has 106 valence electrons. The molecular weight excluding hydrogens is 254 g/mol. The molecule has 1 aromatic carbocycles. The van der Waals surface area contributed by atoms with Crippen molar-refractivity contribution in [2.45, 2.75) is 25.9 Å². The number of amides is 1. The lowest BCUT2D eigenvalue weighted by atomic mass is 10.1. The second kappa shape index (κ2) is 6.91. The van der Waals surface area contributed by atoms with Crippen LogP contribution < -0.4 is 5.32 Å². The average Bonchev–Trinajstić information content (AvgIpc) is 3.01. The Labute approximate surface area is 118 Å². The molecule has 4 nitrogen and oxygen atoms in total. The number of benzene rings is 1. The van der Waals surface area contributed by atoms with Crippen LogP contribution in [0.1, 0.15) is 41.1 Å². The van der Waals surface area contributed by atoms with E-state index in [2.05, 4.69) is 12.2 Å². The van der Waals surface area contributed by atoms with Gasteiger partial charge in [-0.2, -0.15) is 0 Å². The van der Waals surface area contributed by atoms with Gasteiger partial charge in [0, 0.05) is 12.1 Å². The minimum absolute atomic E-state index is 0.126. The topological polar surface area (TPSA) is 62.5 Å². The van der Waals surface area contributed by atoms with Gasteiger partial charge in [-0.25, -0.2) is 0 Å². The number of carbonyl (C=O) groups is 1. The number of aliphatic hydroxyl groups is 1. The standard InChI is InChI=1S/C16H19NO3/c1-2-12-5-7-13(8-6-12)16(19)17-10-9-14(18)15-4-3-11-20-15/h3-8,11,14,18H,2,9-10H2,1H3,(H,17,19). The molecule has 2 rings (SSSR count). The van der Waals surface area contributed by atoms with Crippen molar-refractivity contribution in [1.29, 1.82) is 0 Å². The molecule has 0 aliphatic heterocycles. The fourth-order valence-electron chi connectivity index (χ4n) is 1.94. The van der Waals surface area contributed by atoms with Crippen molar-refractivity contribution in [3.05, 3.63) is 59.5 Å². The van der Waals surface area contributed by atoms with E-state index in [0.29, 0.717) is 24.3 Å². The summed E-state index contributed by atoms with van der Waals surface area (Å²) in [5.74, 6) is 0.394. The quantitative estimate of drug-likeness (QED) is 0.850. The van der Waals surface area contributed by atoms with Gasteiger partial charge in [0.25, 0.3) is 5.91 Å². The Hall–Kier alpha value is -2.07. The normalized spacial score (nSPS) is 12.1. The molecule has 0 radical (unpaired) electrons. The molecule has 20 heavy (non-hydrogen) atoms. The van der Waals surface area contributed by atoms with Crippen LogP contribution in [0, 0.1) is 0 Å². The first kappa shape index (κ1) is 14.3. The minimum atomic E-state index is -0.687. The van der Waals surface area contributed by atoms with Crippen LogP contribution >= 0.6 is 0 Å². The van der Waals surface area contributed by atoms with Crippen LogP contribution in [0.5, 0.6) is 0 Å². The summed E-state index contributed by atoms with van der Waals surface area (Å²) in [4.78, 5) is 11.9. The highest BCUT2D eigenvalue weighted by Gasteiger charge is 2.11. The summed E-state index contributed by atoms with van der Waals surface area (Å²) in [6.45, 7) is 2.47. The monoisotopic (exact) mass is 273 g/mol. The number of aryl methyl sites for hydroxylation is 1. The second-order valence-electron chi connectivity index (χ2n) is 4.63. The molecule has 1 atom stereocenters. The summed E-state index contributed by atoms with van der Waals surface area (Å²) in [6.07, 6.45) is 2.21. The Balaban J connectivity index is 1.80. The summed E-state index contributed by atoms with van der Waals surface area (Å²) in [5.41, 5.74) is 1.84. The molecule has 2 aromatic rings. The van der Waals surface area contributed by atoms with Gasteiger partial charge in [-0.1, -0.05) is 19.1 Å². The number of furan rings is 1. The molecule has 1 heterocycles. The van der Waals surface area contributed by atoms with Crippen LogP contribution in [0.3, 0.4) is 0 Å². The molecule has 0 spiro atoms. The summed E-state index contributed by atoms with van der Waals surface area (Å²) in [6, 6.07) is 11.0. The lowest BCUT2D eigenvalue weighted by Gasteiger charge is -2.09. The number of hydrogen-bond donors (Lipinski definition) is 2. The maximum Gasteiger partial charge on any atom is 0.251 e. The highest BCUT2D eigenvalue weighted by Crippen LogP contribution is 2.15. The van der Waals surface area contributed by atoms with Gasteiger partial charge in [0.15, 0.2) is 0 Å². The van der Waals surface area contributed by atoms with E-state index < -0.39 is 6.10 Å². The predicted molar refractivity (Wildman–Crippen MR) is 76.4 cm³/mol. The third-order valence-electron chi connectivity index (χ3n) is 3.20. The Morgan fingerprint density at radius 2 is 2.05 bits per heavy atom. The van der Waals surface area contributed by atoms with E-state index in [9.17, 15) is 9.90 Å². The number of nitrogens with one attached hydrogen (secondary N) is 1. The number of hydrogen-bond acceptors (Lipinski definition) is 3. The molecule has 2 N–H and O–H groups in total. The maximum atomic E-state index is 11.9. The van der Waals surface area contributed by atoms with Crippen molar-refractivity contribution in [3.63, 3.8) is 0 Å². The van der Waals surface area contributed by atoms with Crippen LogP contribution in [0.25, 0.3) is 0 Å². The molecule has 0 fully saturated rings. The third-order valence-corrected chi connectivity index (χ3v) is 3.20. The average molecular weight is 273 g/mol. The van der Waals surface area contributed by atoms with Gasteiger partial charge in [0.2, 0.25) is 0 Å². The second-order valence-corrected chi connectivity index (χ2v) is 4.63. The minimum Gasteiger partial charge on any atom is -0.467 e. The van der Waals surface area contributed by atoms with E-state index in [1.165, 1.54) is 11.8 Å². The van der Waals surface area contributed by atoms with Crippen LogP contribution in [0.2, 0.25) is 0 Å². The number of carbonyl (C=O) groups excluding carboxylic acids is 1. The molecule has 1 aromatic heterocycles. The molecule has 4 heteroatoms. The fraction of sp³-hybridized carbons (Fsp3) is 0.312. The van der Waals surface area contributed by atoms with Crippen molar-refractivity contribution < 1.29 is 14.3 Å². The zero-order valence-corrected chi connectivity index (χ0v) is 11.5. The summed E-state index contributed by atoms with van der Waals surface area (Å²) < 4.78 is 5.10. The van der Waals surface area contributed by atoms with Gasteiger partial charge in [-0.05, 0) is 42.7 Å². The number of aliphatic hydroxyl groups excluding tert-OH is 1. The molecule has 1 amide bonds. The smallest absolute Gasteiger partial charge is 0.251 e. The SMILES string of the molecule is CCc1ccc(C(=O)NCCC(O)c2ccco2)cc1. The molecule has 0 bridgehead atoms. The van der Waals surface area contributed by atoms with Gasteiger partial charge in [-0.3, -0.25) is 4.79 Å². The van der Waals surface area contributed by atoms with Gasteiger partial charge >= 0.3 is 0 Å². The first-order valence-electron chi connectivity index (χ1n) is 6.79. The Morgan fingerprint density at radius 1 is 1.30 bits per heavy atom. The lowest BCUT2D eigenvalue weighted by molar-refractivity contribution is 0.0936. The number of rotatable bonds is 6. The molecule has 0 aliphatic rings. The Bertz CT molecular complexity index is 531. The van der Waals surface area contributed by atoms with Crippen LogP contribution in [0.4, 0.5) is 0 Å². The molecule has 1 unspecified atom stereocenters. The van der Waals surface area contributed by atoms with E-state index in [1.54, 1.807) is 12.1 Å². The fourth-order valence-corrected chi connectivity index (χ4v) is 1.94. The first-order valence-corrected chi connectivity index (χ1v) is 6.79. The Kier molecular flexibility index (Phi) is 4.96. The lowest BCUT2D eigenvalue weighted by Crippen LogP contribution is -2.25.